The number of amides is 2. The minimum absolute atomic E-state index is 0.111. The second-order valence-corrected chi connectivity index (χ2v) is 7.92. The second-order valence-electron chi connectivity index (χ2n) is 7.48. The first-order valence-corrected chi connectivity index (χ1v) is 9.01. The molecule has 28 heavy (non-hydrogen) atoms. The van der Waals surface area contributed by atoms with Crippen LogP contribution < -0.4 is 5.32 Å². The first-order valence-electron chi connectivity index (χ1n) is 8.63. The molecule has 1 atom stereocenters. The van der Waals surface area contributed by atoms with Crippen LogP contribution in [0.15, 0.2) is 24.5 Å². The number of tetrazole rings is 1. The molecule has 2 heterocycles. The van der Waals surface area contributed by atoms with Crippen molar-refractivity contribution in [1.82, 2.24) is 30.6 Å². The summed E-state index contributed by atoms with van der Waals surface area (Å²) in [6, 6.07) is 5.13. The third-order valence-electron chi connectivity index (χ3n) is 4.90. The van der Waals surface area contributed by atoms with Gasteiger partial charge in [0.15, 0.2) is 5.54 Å². The number of carbonyl (C=O) groups excluding carboxylic acids is 1. The Bertz CT molecular complexity index is 882. The highest BCUT2D eigenvalue weighted by Crippen LogP contribution is 2.43. The molecule has 0 spiro atoms. The lowest BCUT2D eigenvalue weighted by Crippen LogP contribution is -2.63. The molecule has 1 aromatic carbocycles. The molecule has 0 radical (unpaired) electrons. The van der Waals surface area contributed by atoms with Crippen molar-refractivity contribution < 1.29 is 19.5 Å². The second kappa shape index (κ2) is 7.36. The first kappa shape index (κ1) is 20.0. The van der Waals surface area contributed by atoms with E-state index in [0.717, 1.165) is 5.06 Å². The van der Waals surface area contributed by atoms with Crippen LogP contribution in [0.3, 0.4) is 0 Å². The highest BCUT2D eigenvalue weighted by atomic mass is 35.5. The van der Waals surface area contributed by atoms with Crippen molar-refractivity contribution in [3.63, 3.8) is 0 Å². The van der Waals surface area contributed by atoms with Gasteiger partial charge in [0.05, 0.1) is 12.3 Å². The summed E-state index contributed by atoms with van der Waals surface area (Å²) < 4.78 is 1.46. The molecule has 2 amide bonds. The molecule has 3 rings (SSSR count). The maximum absolute atomic E-state index is 13.2. The van der Waals surface area contributed by atoms with Gasteiger partial charge in [-0.3, -0.25) is 9.63 Å². The van der Waals surface area contributed by atoms with Gasteiger partial charge in [-0.25, -0.2) is 9.48 Å². The highest BCUT2D eigenvalue weighted by Gasteiger charge is 2.59. The molecule has 1 aliphatic rings. The Balaban J connectivity index is 1.89. The van der Waals surface area contributed by atoms with Crippen molar-refractivity contribution in [2.75, 3.05) is 6.61 Å². The summed E-state index contributed by atoms with van der Waals surface area (Å²) in [7, 11) is 0. The Morgan fingerprint density at radius 1 is 1.39 bits per heavy atom. The van der Waals surface area contributed by atoms with E-state index in [1.807, 2.05) is 20.8 Å². The van der Waals surface area contributed by atoms with E-state index < -0.39 is 23.0 Å². The lowest BCUT2D eigenvalue weighted by molar-refractivity contribution is -0.175. The molecule has 0 bridgehead atoms. The summed E-state index contributed by atoms with van der Waals surface area (Å²) in [6.45, 7) is 5.68. The Hall–Kier alpha value is -2.72. The van der Waals surface area contributed by atoms with Gasteiger partial charge in [0.1, 0.15) is 6.33 Å². The fourth-order valence-corrected chi connectivity index (χ4v) is 3.65. The Kier molecular flexibility index (Phi) is 5.26. The molecule has 1 saturated heterocycles. The molecule has 2 aromatic rings. The van der Waals surface area contributed by atoms with Crippen LogP contribution in [0.1, 0.15) is 32.8 Å². The highest BCUT2D eigenvalue weighted by molar-refractivity contribution is 6.30. The van der Waals surface area contributed by atoms with Gasteiger partial charge in [0.25, 0.3) is 0 Å². The summed E-state index contributed by atoms with van der Waals surface area (Å²) in [4.78, 5) is 30.1. The molecule has 0 aliphatic carbocycles. The van der Waals surface area contributed by atoms with Crippen molar-refractivity contribution in [2.45, 2.75) is 39.3 Å². The van der Waals surface area contributed by atoms with Crippen LogP contribution in [-0.4, -0.2) is 54.5 Å². The molecule has 2 N–H and O–H groups in total. The number of halogens is 1. The number of hydrogen-bond acceptors (Lipinski definition) is 6. The smallest absolute Gasteiger partial charge is 0.432 e. The lowest BCUT2D eigenvalue weighted by Gasteiger charge is -2.43. The molecule has 1 fully saturated rings. The molecular weight excluding hydrogens is 388 g/mol. The van der Waals surface area contributed by atoms with Gasteiger partial charge < -0.3 is 10.4 Å². The van der Waals surface area contributed by atoms with Crippen molar-refractivity contribution >= 4 is 23.6 Å². The number of hydrogen-bond donors (Lipinski definition) is 2. The first-order chi connectivity index (χ1) is 13.2. The molecule has 11 heteroatoms. The summed E-state index contributed by atoms with van der Waals surface area (Å²) in [6.07, 6.45) is 0.381. The van der Waals surface area contributed by atoms with Crippen molar-refractivity contribution in [2.24, 2.45) is 5.41 Å². The Morgan fingerprint density at radius 2 is 2.14 bits per heavy atom. The summed E-state index contributed by atoms with van der Waals surface area (Å²) in [5, 5.41) is 24.7. The van der Waals surface area contributed by atoms with E-state index >= 15 is 0 Å². The minimum Gasteiger partial charge on any atom is -0.463 e. The van der Waals surface area contributed by atoms with E-state index in [1.165, 1.54) is 11.0 Å². The SMILES string of the molecule is CC(C)(C)[C@]1(C(=O)NCc2cc(Cl)ccc2-n2cnnn2)CCON1C(=O)O. The fourth-order valence-electron chi connectivity index (χ4n) is 3.45. The zero-order valence-electron chi connectivity index (χ0n) is 15.7. The maximum atomic E-state index is 13.2. The molecule has 0 unspecified atom stereocenters. The number of hydroxylamine groups is 2. The number of carbonyl (C=O) groups is 2. The van der Waals surface area contributed by atoms with Gasteiger partial charge in [0, 0.05) is 18.0 Å². The number of nitrogens with zero attached hydrogens (tertiary/aromatic N) is 5. The lowest BCUT2D eigenvalue weighted by atomic mass is 9.71. The molecule has 0 saturated carbocycles. The molecular formula is C17H21ClN6O4. The fraction of sp³-hybridized carbons (Fsp3) is 0.471. The quantitative estimate of drug-likeness (QED) is 0.793. The third-order valence-corrected chi connectivity index (χ3v) is 5.13. The Morgan fingerprint density at radius 3 is 2.75 bits per heavy atom. The van der Waals surface area contributed by atoms with Crippen molar-refractivity contribution in [3.05, 3.63) is 35.1 Å². The average Bonchev–Trinajstić information content (AvgIpc) is 3.29. The zero-order chi connectivity index (χ0) is 20.5. The normalized spacial score (nSPS) is 19.6. The predicted octanol–water partition coefficient (Wildman–Crippen LogP) is 2.03. The van der Waals surface area contributed by atoms with Gasteiger partial charge in [-0.2, -0.15) is 5.06 Å². The largest absolute Gasteiger partial charge is 0.463 e. The van der Waals surface area contributed by atoms with Crippen LogP contribution in [-0.2, 0) is 16.2 Å². The summed E-state index contributed by atoms with van der Waals surface area (Å²) in [5.74, 6) is -0.442. The molecule has 10 nitrogen and oxygen atoms in total. The molecule has 1 aliphatic heterocycles. The topological polar surface area (TPSA) is 122 Å². The standard InChI is InChI=1S/C17H21ClN6O4/c1-16(2,3)17(6-7-28-24(17)15(26)27)14(25)19-9-11-8-12(18)4-5-13(11)23-10-20-21-22-23/h4-5,8,10H,6-7,9H2,1-3H3,(H,19,25)(H,26,27)/t17-/m1/s1. The van der Waals surface area contributed by atoms with Gasteiger partial charge >= 0.3 is 6.09 Å². The zero-order valence-corrected chi connectivity index (χ0v) is 16.5. The number of nitrogens with one attached hydrogen (secondary N) is 1. The van der Waals surface area contributed by atoms with Crippen LogP contribution in [0.25, 0.3) is 5.69 Å². The van der Waals surface area contributed by atoms with E-state index in [1.54, 1.807) is 18.2 Å². The summed E-state index contributed by atoms with van der Waals surface area (Å²) in [5.41, 5.74) is -0.721. The van der Waals surface area contributed by atoms with Gasteiger partial charge in [-0.15, -0.1) is 5.10 Å². The molecule has 1 aromatic heterocycles. The monoisotopic (exact) mass is 408 g/mol. The van der Waals surface area contributed by atoms with Crippen LogP contribution >= 0.6 is 11.6 Å². The van der Waals surface area contributed by atoms with E-state index in [9.17, 15) is 14.7 Å². The summed E-state index contributed by atoms with van der Waals surface area (Å²) >= 11 is 6.11. The predicted molar refractivity (Wildman–Crippen MR) is 98.6 cm³/mol. The maximum Gasteiger partial charge on any atom is 0.432 e. The van der Waals surface area contributed by atoms with Gasteiger partial charge in [-0.1, -0.05) is 32.4 Å². The van der Waals surface area contributed by atoms with Crippen LogP contribution in [0.2, 0.25) is 5.02 Å². The van der Waals surface area contributed by atoms with E-state index in [-0.39, 0.29) is 19.6 Å². The average molecular weight is 409 g/mol. The number of carboxylic acid groups (broad SMARTS) is 1. The van der Waals surface area contributed by atoms with Crippen LogP contribution in [0.5, 0.6) is 0 Å². The minimum atomic E-state index is -1.35. The van der Waals surface area contributed by atoms with E-state index in [4.69, 9.17) is 16.4 Å². The van der Waals surface area contributed by atoms with Crippen LogP contribution in [0, 0.1) is 5.41 Å². The van der Waals surface area contributed by atoms with Crippen molar-refractivity contribution in [3.8, 4) is 5.69 Å². The van der Waals surface area contributed by atoms with E-state index in [0.29, 0.717) is 16.3 Å². The molecule has 150 valence electrons. The van der Waals surface area contributed by atoms with Gasteiger partial charge in [0.2, 0.25) is 5.91 Å². The van der Waals surface area contributed by atoms with Gasteiger partial charge in [-0.05, 0) is 39.6 Å². The number of rotatable bonds is 4. The third kappa shape index (κ3) is 3.40. The Labute approximate surface area is 166 Å². The van der Waals surface area contributed by atoms with E-state index in [2.05, 4.69) is 20.8 Å². The number of aromatic nitrogens is 4. The van der Waals surface area contributed by atoms with Crippen molar-refractivity contribution in [1.29, 1.82) is 0 Å². The number of benzene rings is 1. The van der Waals surface area contributed by atoms with Crippen LogP contribution in [0.4, 0.5) is 4.79 Å².